The molecule has 0 unspecified atom stereocenters. The zero-order valence-electron chi connectivity index (χ0n) is 14.3. The first kappa shape index (κ1) is 17.8. The number of para-hydroxylation sites is 1. The van der Waals surface area contributed by atoms with Crippen molar-refractivity contribution in [3.05, 3.63) is 29.8 Å². The van der Waals surface area contributed by atoms with Gasteiger partial charge >= 0.3 is 6.03 Å². The molecule has 0 bridgehead atoms. The van der Waals surface area contributed by atoms with Crippen LogP contribution in [0.25, 0.3) is 0 Å². The largest absolute Gasteiger partial charge is 0.496 e. The predicted octanol–water partition coefficient (Wildman–Crippen LogP) is 1.45. The van der Waals surface area contributed by atoms with E-state index in [9.17, 15) is 14.4 Å². The van der Waals surface area contributed by atoms with Gasteiger partial charge in [-0.05, 0) is 18.9 Å². The van der Waals surface area contributed by atoms with Gasteiger partial charge in [0.25, 0.3) is 5.91 Å². The van der Waals surface area contributed by atoms with Crippen molar-refractivity contribution < 1.29 is 19.1 Å². The summed E-state index contributed by atoms with van der Waals surface area (Å²) in [6.07, 6.45) is 0. The minimum atomic E-state index is -0.572. The van der Waals surface area contributed by atoms with E-state index in [2.05, 4.69) is 10.6 Å². The summed E-state index contributed by atoms with van der Waals surface area (Å²) in [5.74, 6) is -0.126. The molecule has 0 radical (unpaired) electrons. The van der Waals surface area contributed by atoms with Crippen LogP contribution in [0.1, 0.15) is 32.4 Å². The van der Waals surface area contributed by atoms with Gasteiger partial charge in [-0.25, -0.2) is 4.79 Å². The normalized spacial score (nSPS) is 18.5. The highest BCUT2D eigenvalue weighted by Crippen LogP contribution is 2.24. The molecule has 24 heavy (non-hydrogen) atoms. The fraction of sp³-hybridized carbons (Fsp3) is 0.471. The third-order valence-corrected chi connectivity index (χ3v) is 4.01. The molecule has 0 saturated carbocycles. The Hall–Kier alpha value is -2.57. The maximum absolute atomic E-state index is 12.2. The summed E-state index contributed by atoms with van der Waals surface area (Å²) in [5, 5.41) is 5.39. The molecular weight excluding hydrogens is 310 g/mol. The van der Waals surface area contributed by atoms with Crippen LogP contribution >= 0.6 is 0 Å². The number of rotatable bonds is 6. The lowest BCUT2D eigenvalue weighted by molar-refractivity contribution is -0.133. The number of carbonyl (C=O) groups is 3. The molecule has 7 nitrogen and oxygen atoms in total. The van der Waals surface area contributed by atoms with Gasteiger partial charge < -0.3 is 15.4 Å². The zero-order valence-corrected chi connectivity index (χ0v) is 14.3. The molecule has 1 aromatic carbocycles. The summed E-state index contributed by atoms with van der Waals surface area (Å²) in [6, 6.07) is 5.95. The second-order valence-corrected chi connectivity index (χ2v) is 6.13. The predicted molar refractivity (Wildman–Crippen MR) is 88.4 cm³/mol. The molecule has 1 fully saturated rings. The van der Waals surface area contributed by atoms with Gasteiger partial charge in [0, 0.05) is 5.56 Å². The summed E-state index contributed by atoms with van der Waals surface area (Å²) in [4.78, 5) is 37.3. The van der Waals surface area contributed by atoms with Gasteiger partial charge in [0.2, 0.25) is 5.91 Å². The number of benzene rings is 1. The van der Waals surface area contributed by atoms with Crippen LogP contribution in [-0.2, 0) is 9.59 Å². The number of carbonyl (C=O) groups excluding carboxylic acids is 3. The average molecular weight is 333 g/mol. The molecule has 0 aromatic heterocycles. The van der Waals surface area contributed by atoms with Crippen molar-refractivity contribution in [2.45, 2.75) is 32.9 Å². The fourth-order valence-corrected chi connectivity index (χ4v) is 2.67. The molecule has 0 spiro atoms. The zero-order chi connectivity index (χ0) is 17.9. The van der Waals surface area contributed by atoms with E-state index < -0.39 is 18.0 Å². The number of hydrogen-bond acceptors (Lipinski definition) is 4. The maximum Gasteiger partial charge on any atom is 0.325 e. The van der Waals surface area contributed by atoms with Crippen LogP contribution in [-0.4, -0.2) is 42.4 Å². The number of amides is 4. The Morgan fingerprint density at radius 3 is 2.54 bits per heavy atom. The summed E-state index contributed by atoms with van der Waals surface area (Å²) in [7, 11) is 1.56. The Morgan fingerprint density at radius 2 is 1.96 bits per heavy atom. The van der Waals surface area contributed by atoms with Crippen LogP contribution in [0, 0.1) is 5.92 Å². The van der Waals surface area contributed by atoms with Crippen molar-refractivity contribution in [3.63, 3.8) is 0 Å². The van der Waals surface area contributed by atoms with Crippen molar-refractivity contribution in [1.29, 1.82) is 0 Å². The Bertz CT molecular complexity index is 644. The van der Waals surface area contributed by atoms with E-state index in [1.807, 2.05) is 45.0 Å². The first-order chi connectivity index (χ1) is 11.3. The van der Waals surface area contributed by atoms with E-state index in [-0.39, 0.29) is 24.4 Å². The summed E-state index contributed by atoms with van der Waals surface area (Å²) in [6.45, 7) is 5.21. The first-order valence-electron chi connectivity index (χ1n) is 7.89. The minimum Gasteiger partial charge on any atom is -0.496 e. The van der Waals surface area contributed by atoms with Gasteiger partial charge in [-0.1, -0.05) is 32.0 Å². The maximum atomic E-state index is 12.2. The monoisotopic (exact) mass is 333 g/mol. The van der Waals surface area contributed by atoms with Gasteiger partial charge in [0.1, 0.15) is 18.3 Å². The molecule has 4 amide bonds. The van der Waals surface area contributed by atoms with E-state index >= 15 is 0 Å². The van der Waals surface area contributed by atoms with E-state index in [0.717, 1.165) is 10.5 Å². The number of imide groups is 1. The van der Waals surface area contributed by atoms with Crippen molar-refractivity contribution >= 4 is 17.8 Å². The molecule has 2 atom stereocenters. The highest BCUT2D eigenvalue weighted by molar-refractivity contribution is 6.06. The minimum absolute atomic E-state index is 0.0259. The number of nitrogens with zero attached hydrogens (tertiary/aromatic N) is 1. The van der Waals surface area contributed by atoms with E-state index in [4.69, 9.17) is 4.74 Å². The molecular formula is C17H23N3O4. The van der Waals surface area contributed by atoms with Crippen molar-refractivity contribution in [2.24, 2.45) is 5.92 Å². The lowest BCUT2D eigenvalue weighted by Gasteiger charge is -2.19. The summed E-state index contributed by atoms with van der Waals surface area (Å²) < 4.78 is 5.28. The van der Waals surface area contributed by atoms with Gasteiger partial charge in [0.15, 0.2) is 0 Å². The van der Waals surface area contributed by atoms with Gasteiger partial charge in [0.05, 0.1) is 13.2 Å². The van der Waals surface area contributed by atoms with E-state index in [0.29, 0.717) is 5.75 Å². The van der Waals surface area contributed by atoms with E-state index in [1.165, 1.54) is 0 Å². The van der Waals surface area contributed by atoms with Crippen LogP contribution in [0.3, 0.4) is 0 Å². The number of methoxy groups -OCH3 is 1. The second kappa shape index (κ2) is 7.33. The highest BCUT2D eigenvalue weighted by Gasteiger charge is 2.40. The quantitative estimate of drug-likeness (QED) is 0.771. The van der Waals surface area contributed by atoms with Gasteiger partial charge in [-0.3, -0.25) is 14.5 Å². The molecule has 1 heterocycles. The van der Waals surface area contributed by atoms with Crippen LogP contribution in [0.4, 0.5) is 4.79 Å². The highest BCUT2D eigenvalue weighted by atomic mass is 16.5. The topological polar surface area (TPSA) is 87.7 Å². The van der Waals surface area contributed by atoms with Crippen LogP contribution in [0.5, 0.6) is 5.75 Å². The molecule has 1 aliphatic rings. The number of nitrogens with one attached hydrogen (secondary N) is 2. The van der Waals surface area contributed by atoms with Crippen LogP contribution in [0.2, 0.25) is 0 Å². The summed E-state index contributed by atoms with van der Waals surface area (Å²) in [5.41, 5.74) is 0.825. The van der Waals surface area contributed by atoms with Gasteiger partial charge in [-0.2, -0.15) is 0 Å². The molecule has 7 heteroatoms. The Morgan fingerprint density at radius 1 is 1.29 bits per heavy atom. The third-order valence-electron chi connectivity index (χ3n) is 4.01. The standard InChI is InChI=1S/C17H23N3O4/c1-10(2)15-16(22)20(17(23)19-15)9-14(21)18-11(3)12-7-5-6-8-13(12)24-4/h5-8,10-11,15H,9H2,1-4H3,(H,18,21)(H,19,23)/t11-,15+/m0/s1. The SMILES string of the molecule is COc1ccccc1[C@H](C)NC(=O)CN1C(=O)N[C@H](C(C)C)C1=O. The van der Waals surface area contributed by atoms with Crippen molar-refractivity contribution in [1.82, 2.24) is 15.5 Å². The molecule has 130 valence electrons. The lowest BCUT2D eigenvalue weighted by atomic mass is 10.1. The number of hydrogen-bond donors (Lipinski definition) is 2. The Balaban J connectivity index is 2.00. The number of ether oxygens (including phenoxy) is 1. The third kappa shape index (κ3) is 3.67. The summed E-state index contributed by atoms with van der Waals surface area (Å²) >= 11 is 0. The molecule has 0 aliphatic carbocycles. The average Bonchev–Trinajstić information content (AvgIpc) is 2.83. The Labute approximate surface area is 141 Å². The number of urea groups is 1. The molecule has 1 aromatic rings. The molecule has 1 aliphatic heterocycles. The molecule has 2 rings (SSSR count). The molecule has 2 N–H and O–H groups in total. The first-order valence-corrected chi connectivity index (χ1v) is 7.89. The second-order valence-electron chi connectivity index (χ2n) is 6.13. The van der Waals surface area contributed by atoms with E-state index in [1.54, 1.807) is 7.11 Å². The van der Waals surface area contributed by atoms with Gasteiger partial charge in [-0.15, -0.1) is 0 Å². The Kier molecular flexibility index (Phi) is 5.43. The van der Waals surface area contributed by atoms with Crippen molar-refractivity contribution in [2.75, 3.05) is 13.7 Å². The molecule has 1 saturated heterocycles. The van der Waals surface area contributed by atoms with Crippen molar-refractivity contribution in [3.8, 4) is 5.75 Å². The van der Waals surface area contributed by atoms with Crippen LogP contribution < -0.4 is 15.4 Å². The smallest absolute Gasteiger partial charge is 0.325 e. The fourth-order valence-electron chi connectivity index (χ4n) is 2.67. The lowest BCUT2D eigenvalue weighted by Crippen LogP contribution is -2.42. The van der Waals surface area contributed by atoms with Crippen LogP contribution in [0.15, 0.2) is 24.3 Å².